The largest absolute Gasteiger partial charge is 0.332 e. The van der Waals surface area contributed by atoms with Crippen LogP contribution < -0.4 is 5.32 Å². The van der Waals surface area contributed by atoms with Crippen molar-refractivity contribution < 1.29 is 9.59 Å². The van der Waals surface area contributed by atoms with Crippen LogP contribution in [0.4, 0.5) is 4.79 Å². The summed E-state index contributed by atoms with van der Waals surface area (Å²) >= 11 is 0. The summed E-state index contributed by atoms with van der Waals surface area (Å²) in [5.74, 6) is 0.0379. The predicted molar refractivity (Wildman–Crippen MR) is 49.6 cm³/mol. The zero-order valence-electron chi connectivity index (χ0n) is 8.08. The first kappa shape index (κ1) is 8.26. The highest BCUT2D eigenvalue weighted by Gasteiger charge is 2.52. The fraction of sp³-hybridized carbons (Fsp3) is 0.800. The molecule has 0 unspecified atom stereocenters. The first-order valence-corrected chi connectivity index (χ1v) is 5.34. The molecule has 14 heavy (non-hydrogen) atoms. The Labute approximate surface area is 82.6 Å². The maximum atomic E-state index is 11.8. The van der Waals surface area contributed by atoms with Crippen LogP contribution in [-0.4, -0.2) is 28.4 Å². The van der Waals surface area contributed by atoms with Gasteiger partial charge in [-0.05, 0) is 32.1 Å². The lowest BCUT2D eigenvalue weighted by Crippen LogP contribution is -2.60. The fourth-order valence-corrected chi connectivity index (χ4v) is 2.29. The van der Waals surface area contributed by atoms with Crippen LogP contribution in [0.25, 0.3) is 0 Å². The van der Waals surface area contributed by atoms with Gasteiger partial charge in [0.05, 0.1) is 12.0 Å². The highest BCUT2D eigenvalue weighted by atomic mass is 16.2. The second kappa shape index (κ2) is 2.49. The minimum absolute atomic E-state index is 0.0379. The molecule has 1 spiro atoms. The van der Waals surface area contributed by atoms with Crippen LogP contribution in [0.15, 0.2) is 0 Å². The van der Waals surface area contributed by atoms with E-state index >= 15 is 0 Å². The van der Waals surface area contributed by atoms with Crippen LogP contribution in [0.3, 0.4) is 0 Å². The van der Waals surface area contributed by atoms with Gasteiger partial charge in [-0.15, -0.1) is 0 Å². The lowest BCUT2D eigenvalue weighted by Gasteiger charge is -2.40. The summed E-state index contributed by atoms with van der Waals surface area (Å²) in [7, 11) is 0. The first-order valence-electron chi connectivity index (χ1n) is 5.34. The molecule has 0 aromatic carbocycles. The van der Waals surface area contributed by atoms with E-state index in [0.29, 0.717) is 6.42 Å². The van der Waals surface area contributed by atoms with Gasteiger partial charge in [0.25, 0.3) is 0 Å². The zero-order valence-corrected chi connectivity index (χ0v) is 8.08. The maximum Gasteiger partial charge on any atom is 0.324 e. The van der Waals surface area contributed by atoms with Crippen molar-refractivity contribution >= 4 is 11.9 Å². The summed E-state index contributed by atoms with van der Waals surface area (Å²) in [6.45, 7) is 0. The number of hydrogen-bond acceptors (Lipinski definition) is 2. The van der Waals surface area contributed by atoms with E-state index in [1.54, 1.807) is 0 Å². The molecule has 3 amide bonds. The number of amides is 3. The Bertz CT molecular complexity index is 285. The second-order valence-corrected chi connectivity index (χ2v) is 4.74. The van der Waals surface area contributed by atoms with Crippen molar-refractivity contribution in [1.82, 2.24) is 10.2 Å². The molecule has 76 valence electrons. The summed E-state index contributed by atoms with van der Waals surface area (Å²) in [5, 5.41) is 2.96. The van der Waals surface area contributed by atoms with E-state index in [0.717, 1.165) is 32.1 Å². The number of carbonyl (C=O) groups excluding carboxylic acids is 2. The number of nitrogens with zero attached hydrogens (tertiary/aromatic N) is 1. The summed E-state index contributed by atoms with van der Waals surface area (Å²) in [4.78, 5) is 24.9. The molecule has 2 saturated carbocycles. The number of urea groups is 1. The lowest BCUT2D eigenvalue weighted by atomic mass is 9.90. The molecular weight excluding hydrogens is 180 g/mol. The van der Waals surface area contributed by atoms with Crippen LogP contribution in [0.5, 0.6) is 0 Å². The van der Waals surface area contributed by atoms with Crippen molar-refractivity contribution in [3.63, 3.8) is 0 Å². The normalized spacial score (nSPS) is 30.1. The van der Waals surface area contributed by atoms with Crippen molar-refractivity contribution in [1.29, 1.82) is 0 Å². The van der Waals surface area contributed by atoms with Crippen molar-refractivity contribution in [3.05, 3.63) is 0 Å². The molecule has 4 nitrogen and oxygen atoms in total. The smallest absolute Gasteiger partial charge is 0.324 e. The number of nitrogens with one attached hydrogen (secondary N) is 1. The van der Waals surface area contributed by atoms with E-state index < -0.39 is 0 Å². The van der Waals surface area contributed by atoms with Gasteiger partial charge in [-0.2, -0.15) is 0 Å². The number of hydrogen-bond donors (Lipinski definition) is 1. The van der Waals surface area contributed by atoms with Gasteiger partial charge in [-0.1, -0.05) is 0 Å². The molecule has 0 atom stereocenters. The van der Waals surface area contributed by atoms with E-state index in [1.165, 1.54) is 4.90 Å². The molecule has 1 heterocycles. The molecule has 1 N–H and O–H groups in total. The molecule has 0 radical (unpaired) electrons. The standard InChI is InChI=1S/C10H14N2O2/c13-8-6-10(4-5-10)11-9(14)12(8)7-2-1-3-7/h7H,1-6H2,(H,11,14). The highest BCUT2D eigenvalue weighted by Crippen LogP contribution is 2.42. The third-order valence-corrected chi connectivity index (χ3v) is 3.64. The molecular formula is C10H14N2O2. The van der Waals surface area contributed by atoms with Crippen LogP contribution in [0.1, 0.15) is 38.5 Å². The molecule has 3 rings (SSSR count). The third-order valence-electron chi connectivity index (χ3n) is 3.64. The van der Waals surface area contributed by atoms with Gasteiger partial charge in [0.2, 0.25) is 5.91 Å². The summed E-state index contributed by atoms with van der Waals surface area (Å²) in [5.41, 5.74) is -0.131. The third kappa shape index (κ3) is 1.06. The molecule has 0 aromatic rings. The van der Waals surface area contributed by atoms with E-state index in [4.69, 9.17) is 0 Å². The zero-order chi connectivity index (χ0) is 9.76. The summed E-state index contributed by atoms with van der Waals surface area (Å²) in [6.07, 6.45) is 5.60. The van der Waals surface area contributed by atoms with Gasteiger partial charge in [0, 0.05) is 6.04 Å². The van der Waals surface area contributed by atoms with Crippen LogP contribution in [0.2, 0.25) is 0 Å². The molecule has 0 bridgehead atoms. The van der Waals surface area contributed by atoms with Crippen molar-refractivity contribution in [2.45, 2.75) is 50.1 Å². The van der Waals surface area contributed by atoms with E-state index in [1.807, 2.05) is 0 Å². The number of imide groups is 1. The number of rotatable bonds is 1. The quantitative estimate of drug-likeness (QED) is 0.677. The Balaban J connectivity index is 1.78. The Morgan fingerprint density at radius 2 is 2.00 bits per heavy atom. The minimum Gasteiger partial charge on any atom is -0.332 e. The van der Waals surface area contributed by atoms with E-state index in [-0.39, 0.29) is 23.5 Å². The van der Waals surface area contributed by atoms with Crippen LogP contribution in [0, 0.1) is 0 Å². The van der Waals surface area contributed by atoms with E-state index in [2.05, 4.69) is 5.32 Å². The van der Waals surface area contributed by atoms with Gasteiger partial charge in [0.1, 0.15) is 0 Å². The molecule has 3 aliphatic rings. The average Bonchev–Trinajstić information content (AvgIpc) is 2.73. The van der Waals surface area contributed by atoms with Gasteiger partial charge in [-0.3, -0.25) is 9.69 Å². The Hall–Kier alpha value is -1.06. The van der Waals surface area contributed by atoms with Gasteiger partial charge >= 0.3 is 6.03 Å². The van der Waals surface area contributed by atoms with Crippen LogP contribution in [-0.2, 0) is 4.79 Å². The molecule has 4 heteroatoms. The van der Waals surface area contributed by atoms with Crippen molar-refractivity contribution in [3.8, 4) is 0 Å². The number of carbonyl (C=O) groups is 2. The van der Waals surface area contributed by atoms with E-state index in [9.17, 15) is 9.59 Å². The summed E-state index contributed by atoms with van der Waals surface area (Å²) < 4.78 is 0. The second-order valence-electron chi connectivity index (χ2n) is 4.74. The fourth-order valence-electron chi connectivity index (χ4n) is 2.29. The summed E-state index contributed by atoms with van der Waals surface area (Å²) in [6, 6.07) is 0.0436. The van der Waals surface area contributed by atoms with Gasteiger partial charge < -0.3 is 5.32 Å². The van der Waals surface area contributed by atoms with Gasteiger partial charge in [0.15, 0.2) is 0 Å². The van der Waals surface area contributed by atoms with Crippen LogP contribution >= 0.6 is 0 Å². The highest BCUT2D eigenvalue weighted by molar-refractivity contribution is 5.99. The monoisotopic (exact) mass is 194 g/mol. The SMILES string of the molecule is O=C1CC2(CC2)NC(=O)N1C1CCC1. The predicted octanol–water partition coefficient (Wildman–Crippen LogP) is 1.01. The molecule has 2 aliphatic carbocycles. The molecule has 0 aromatic heterocycles. The Morgan fingerprint density at radius 1 is 1.29 bits per heavy atom. The first-order chi connectivity index (χ1) is 6.70. The minimum atomic E-state index is -0.150. The topological polar surface area (TPSA) is 49.4 Å². The maximum absolute atomic E-state index is 11.8. The Kier molecular flexibility index (Phi) is 1.47. The average molecular weight is 194 g/mol. The molecule has 1 aliphatic heterocycles. The lowest BCUT2D eigenvalue weighted by molar-refractivity contribution is -0.133. The molecule has 1 saturated heterocycles. The van der Waals surface area contributed by atoms with Crippen molar-refractivity contribution in [2.75, 3.05) is 0 Å². The van der Waals surface area contributed by atoms with Crippen molar-refractivity contribution in [2.24, 2.45) is 0 Å². The molecule has 3 fully saturated rings. The Morgan fingerprint density at radius 3 is 2.43 bits per heavy atom. The van der Waals surface area contributed by atoms with Gasteiger partial charge in [-0.25, -0.2) is 4.79 Å².